The van der Waals surface area contributed by atoms with Crippen molar-refractivity contribution in [2.24, 2.45) is 0 Å². The number of benzene rings is 1. The van der Waals surface area contributed by atoms with Crippen molar-refractivity contribution >= 4 is 41.5 Å². The van der Waals surface area contributed by atoms with E-state index in [9.17, 15) is 0 Å². The first-order valence-corrected chi connectivity index (χ1v) is 25.2. The van der Waals surface area contributed by atoms with E-state index in [1.165, 1.54) is 108 Å². The molecule has 0 aliphatic rings. The molecule has 0 spiro atoms. The Morgan fingerprint density at radius 3 is 1.05 bits per heavy atom. The maximum Gasteiger partial charge on any atom is 0.500 e. The van der Waals surface area contributed by atoms with Gasteiger partial charge in [-0.2, -0.15) is 9.59 Å². The monoisotopic (exact) mass is 638 g/mol. The molecule has 0 aromatic heterocycles. The van der Waals surface area contributed by atoms with E-state index < -0.39 is 25.0 Å². The van der Waals surface area contributed by atoms with Crippen molar-refractivity contribution in [3.05, 3.63) is 24.3 Å². The second-order valence-electron chi connectivity index (χ2n) is 13.3. The van der Waals surface area contributed by atoms with Gasteiger partial charge in [0.15, 0.2) is 0 Å². The minimum absolute atomic E-state index is 0.250. The maximum atomic E-state index is 8.12. The molecule has 0 radical (unpaired) electrons. The summed E-state index contributed by atoms with van der Waals surface area (Å²) < 4.78 is 16.6. The highest BCUT2D eigenvalue weighted by atomic mass is 28.4. The first-order chi connectivity index (χ1) is 20.1. The number of rotatable bonds is 25. The van der Waals surface area contributed by atoms with Gasteiger partial charge < -0.3 is 13.3 Å². The molecule has 0 atom stereocenters. The summed E-state index contributed by atoms with van der Waals surface area (Å²) in [5.41, 5.74) is 0. The Morgan fingerprint density at radius 1 is 0.500 bits per heavy atom. The van der Waals surface area contributed by atoms with Gasteiger partial charge in [-0.25, -0.2) is 0 Å². The topological polar surface area (TPSA) is 61.8 Å². The van der Waals surface area contributed by atoms with E-state index in [-0.39, 0.29) is 6.15 Å². The zero-order valence-electron chi connectivity index (χ0n) is 28.8. The van der Waals surface area contributed by atoms with Crippen LogP contribution in [0.2, 0.25) is 44.3 Å². The van der Waals surface area contributed by atoms with Crippen molar-refractivity contribution in [1.29, 1.82) is 0 Å². The number of unbranched alkanes of at least 4 members (excludes halogenated alkanes) is 14. The predicted octanol–water partition coefficient (Wildman–Crippen LogP) is 9.07. The summed E-state index contributed by atoms with van der Waals surface area (Å²) >= 11 is 0. The van der Waals surface area contributed by atoms with Gasteiger partial charge in [0.25, 0.3) is 0 Å². The molecule has 0 bridgehead atoms. The van der Waals surface area contributed by atoms with Crippen LogP contribution in [0.5, 0.6) is 0 Å². The average molecular weight is 639 g/mol. The van der Waals surface area contributed by atoms with Gasteiger partial charge in [0.1, 0.15) is 0 Å². The number of hydrogen-bond donors (Lipinski definition) is 0. The van der Waals surface area contributed by atoms with Gasteiger partial charge in [0.2, 0.25) is 0 Å². The molecule has 0 amide bonds. The molecule has 0 fully saturated rings. The van der Waals surface area contributed by atoms with Crippen LogP contribution >= 0.6 is 0 Å². The SMILES string of the molecule is CCCCCCCCCCCC[Si](C)(C)c1ccc([Si](C)(C)CCCCCCCC[Si](OC)(OC)OC)cc1.O=C=O. The van der Waals surface area contributed by atoms with Crippen LogP contribution in [0.15, 0.2) is 24.3 Å². The lowest BCUT2D eigenvalue weighted by Crippen LogP contribution is -2.45. The van der Waals surface area contributed by atoms with Crippen molar-refractivity contribution < 1.29 is 22.9 Å². The number of carbonyl (C=O) groups excluding carboxylic acids is 2. The minimum Gasteiger partial charge on any atom is -0.377 e. The standard InChI is InChI=1S/C33H66O3Si3.CO2/c1-9-10-11-12-13-14-15-16-19-22-29-37(5,6)32-25-27-33(28-26-32)38(7,8)30-23-20-17-18-21-24-31-39(34-2,35-3)36-4;2-1-3/h25-28H,9-24,29-31H2,1-8H3;. The van der Waals surface area contributed by atoms with Crippen LogP contribution in [0.3, 0.4) is 0 Å². The average Bonchev–Trinajstić information content (AvgIpc) is 2.98. The van der Waals surface area contributed by atoms with Gasteiger partial charge in [-0.05, 0) is 6.42 Å². The van der Waals surface area contributed by atoms with Gasteiger partial charge in [-0.15, -0.1) is 0 Å². The predicted molar refractivity (Wildman–Crippen MR) is 186 cm³/mol. The molecule has 1 aromatic carbocycles. The summed E-state index contributed by atoms with van der Waals surface area (Å²) in [5.74, 6) is 0. The summed E-state index contributed by atoms with van der Waals surface area (Å²) in [5, 5.41) is 3.31. The summed E-state index contributed by atoms with van der Waals surface area (Å²) in [6.07, 6.45) is 22.3. The molecular formula is C34H66O5Si3. The Balaban J connectivity index is 0.00000535. The van der Waals surface area contributed by atoms with Crippen molar-refractivity contribution in [2.45, 2.75) is 154 Å². The molecule has 0 saturated carbocycles. The molecule has 8 heteroatoms. The van der Waals surface area contributed by atoms with Crippen LogP contribution < -0.4 is 10.4 Å². The fourth-order valence-electron chi connectivity index (χ4n) is 5.89. The molecule has 0 saturated heterocycles. The minimum atomic E-state index is -2.38. The molecular weight excluding hydrogens is 573 g/mol. The lowest BCUT2D eigenvalue weighted by atomic mass is 10.1. The molecule has 5 nitrogen and oxygen atoms in total. The van der Waals surface area contributed by atoms with E-state index in [4.69, 9.17) is 22.9 Å². The van der Waals surface area contributed by atoms with Gasteiger partial charge in [-0.1, -0.05) is 176 Å². The Bertz CT molecular complexity index is 796. The summed E-state index contributed by atoms with van der Waals surface area (Å²) in [6.45, 7) is 12.6. The number of hydrogen-bond acceptors (Lipinski definition) is 5. The van der Waals surface area contributed by atoms with Crippen molar-refractivity contribution in [2.75, 3.05) is 21.3 Å². The van der Waals surface area contributed by atoms with Gasteiger partial charge >= 0.3 is 15.0 Å². The third-order valence-corrected chi connectivity index (χ3v) is 18.9. The van der Waals surface area contributed by atoms with Crippen LogP contribution in [-0.2, 0) is 22.9 Å². The Kier molecular flexibility index (Phi) is 23.9. The largest absolute Gasteiger partial charge is 0.500 e. The van der Waals surface area contributed by atoms with E-state index in [0.29, 0.717) is 0 Å². The fourth-order valence-corrected chi connectivity index (χ4v) is 12.7. The Morgan fingerprint density at radius 2 is 0.762 bits per heavy atom. The first-order valence-electron chi connectivity index (χ1n) is 16.8. The van der Waals surface area contributed by atoms with Crippen LogP contribution in [0.25, 0.3) is 0 Å². The Labute approximate surface area is 263 Å². The first kappa shape index (κ1) is 41.1. The zero-order chi connectivity index (χ0) is 31.7. The van der Waals surface area contributed by atoms with E-state index >= 15 is 0 Å². The lowest BCUT2D eigenvalue weighted by molar-refractivity contribution is -0.191. The summed E-state index contributed by atoms with van der Waals surface area (Å²) in [6, 6.07) is 13.8. The highest BCUT2D eigenvalue weighted by Crippen LogP contribution is 2.21. The van der Waals surface area contributed by atoms with E-state index in [2.05, 4.69) is 57.4 Å². The zero-order valence-corrected chi connectivity index (χ0v) is 31.8. The normalized spacial score (nSPS) is 12.1. The van der Waals surface area contributed by atoms with Crippen LogP contribution in [0.1, 0.15) is 110 Å². The highest BCUT2D eigenvalue weighted by Gasteiger charge is 2.36. The van der Waals surface area contributed by atoms with Crippen molar-refractivity contribution in [1.82, 2.24) is 0 Å². The fraction of sp³-hybridized carbons (Fsp3) is 0.794. The van der Waals surface area contributed by atoms with Crippen LogP contribution in [0, 0.1) is 0 Å². The van der Waals surface area contributed by atoms with E-state index in [0.717, 1.165) is 12.5 Å². The van der Waals surface area contributed by atoms with Crippen molar-refractivity contribution in [3.63, 3.8) is 0 Å². The molecule has 0 aliphatic heterocycles. The third-order valence-electron chi connectivity index (χ3n) is 9.07. The smallest absolute Gasteiger partial charge is 0.377 e. The Hall–Kier alpha value is -0.869. The molecule has 0 heterocycles. The molecule has 0 aliphatic carbocycles. The molecule has 244 valence electrons. The highest BCUT2D eigenvalue weighted by molar-refractivity contribution is 6.91. The summed E-state index contributed by atoms with van der Waals surface area (Å²) in [7, 11) is 0.0608. The quantitative estimate of drug-likeness (QED) is 0.0790. The molecule has 0 unspecified atom stereocenters. The lowest BCUT2D eigenvalue weighted by Gasteiger charge is -2.26. The van der Waals surface area contributed by atoms with Crippen molar-refractivity contribution in [3.8, 4) is 0 Å². The molecule has 1 rings (SSSR count). The van der Waals surface area contributed by atoms with Gasteiger partial charge in [-0.3, -0.25) is 0 Å². The van der Waals surface area contributed by atoms with Gasteiger partial charge in [0.05, 0.1) is 16.1 Å². The van der Waals surface area contributed by atoms with E-state index in [1.54, 1.807) is 31.7 Å². The maximum absolute atomic E-state index is 8.12. The van der Waals surface area contributed by atoms with Gasteiger partial charge in [0, 0.05) is 27.4 Å². The van der Waals surface area contributed by atoms with Crippen LogP contribution in [-0.4, -0.2) is 52.4 Å². The second kappa shape index (κ2) is 24.5. The third kappa shape index (κ3) is 18.1. The summed E-state index contributed by atoms with van der Waals surface area (Å²) in [4.78, 5) is 16.2. The molecule has 1 aromatic rings. The van der Waals surface area contributed by atoms with E-state index in [1.807, 2.05) is 0 Å². The molecule has 42 heavy (non-hydrogen) atoms. The second-order valence-corrected chi connectivity index (χ2v) is 26.1. The molecule has 0 N–H and O–H groups in total. The van der Waals surface area contributed by atoms with Crippen LogP contribution in [0.4, 0.5) is 0 Å².